The Labute approximate surface area is 153 Å². The van der Waals surface area contributed by atoms with Gasteiger partial charge in [-0.05, 0) is 30.2 Å². The fourth-order valence-electron chi connectivity index (χ4n) is 3.34. The SMILES string of the molecule is Cn1cc(C(NC(=O)Cn2cnc3ccsc3c2=O)C2CC(O)C2)cn1. The standard InChI is InChI=1S/C17H19N5O3S/c1-21-7-11(6-19-21)15(10-4-12(23)5-10)20-14(24)8-22-9-18-13-2-3-26-16(13)17(22)25/h2-3,6-7,9-10,12,15,23H,4-5,8H2,1H3,(H,20,24). The monoisotopic (exact) mass is 373 g/mol. The van der Waals surface area contributed by atoms with E-state index in [1.165, 1.54) is 22.2 Å². The summed E-state index contributed by atoms with van der Waals surface area (Å²) in [5, 5.41) is 18.6. The van der Waals surface area contributed by atoms with Gasteiger partial charge in [-0.3, -0.25) is 18.8 Å². The maximum absolute atomic E-state index is 12.6. The molecule has 1 fully saturated rings. The van der Waals surface area contributed by atoms with Gasteiger partial charge in [0.2, 0.25) is 5.91 Å². The van der Waals surface area contributed by atoms with Crippen LogP contribution in [0.3, 0.4) is 0 Å². The highest BCUT2D eigenvalue weighted by atomic mass is 32.1. The second kappa shape index (κ2) is 6.65. The summed E-state index contributed by atoms with van der Waals surface area (Å²) in [7, 11) is 1.82. The number of aliphatic hydroxyl groups is 1. The number of nitrogens with zero attached hydrogens (tertiary/aromatic N) is 4. The largest absolute Gasteiger partial charge is 0.393 e. The van der Waals surface area contributed by atoms with E-state index >= 15 is 0 Å². The molecule has 1 aliphatic rings. The highest BCUT2D eigenvalue weighted by molar-refractivity contribution is 7.17. The lowest BCUT2D eigenvalue weighted by atomic mass is 9.75. The van der Waals surface area contributed by atoms with Crippen molar-refractivity contribution in [1.82, 2.24) is 24.6 Å². The number of carbonyl (C=O) groups excluding carboxylic acids is 1. The number of rotatable bonds is 5. The maximum atomic E-state index is 12.6. The molecular weight excluding hydrogens is 354 g/mol. The Balaban J connectivity index is 1.52. The highest BCUT2D eigenvalue weighted by Crippen LogP contribution is 2.37. The predicted octanol–water partition coefficient (Wildman–Crippen LogP) is 0.820. The number of aliphatic hydroxyl groups excluding tert-OH is 1. The van der Waals surface area contributed by atoms with Crippen molar-refractivity contribution in [3.63, 3.8) is 0 Å². The van der Waals surface area contributed by atoms with Gasteiger partial charge in [0, 0.05) is 18.8 Å². The van der Waals surface area contributed by atoms with Gasteiger partial charge in [-0.25, -0.2) is 4.98 Å². The molecule has 1 saturated carbocycles. The smallest absolute Gasteiger partial charge is 0.271 e. The van der Waals surface area contributed by atoms with Crippen LogP contribution < -0.4 is 10.9 Å². The van der Waals surface area contributed by atoms with Crippen LogP contribution in [0.4, 0.5) is 0 Å². The zero-order chi connectivity index (χ0) is 18.3. The normalized spacial score (nSPS) is 20.7. The van der Waals surface area contributed by atoms with Gasteiger partial charge in [-0.1, -0.05) is 0 Å². The van der Waals surface area contributed by atoms with E-state index < -0.39 is 0 Å². The summed E-state index contributed by atoms with van der Waals surface area (Å²) in [6, 6.07) is 1.56. The first-order chi connectivity index (χ1) is 12.5. The van der Waals surface area contributed by atoms with Crippen LogP contribution in [0.1, 0.15) is 24.4 Å². The van der Waals surface area contributed by atoms with Gasteiger partial charge >= 0.3 is 0 Å². The van der Waals surface area contributed by atoms with Crippen LogP contribution in [0, 0.1) is 5.92 Å². The Hall–Kier alpha value is -2.52. The second-order valence-corrected chi connectivity index (χ2v) is 7.61. The molecule has 0 spiro atoms. The lowest BCUT2D eigenvalue weighted by molar-refractivity contribution is -0.123. The summed E-state index contributed by atoms with van der Waals surface area (Å²) >= 11 is 1.32. The molecule has 3 heterocycles. The molecule has 4 rings (SSSR count). The molecule has 0 radical (unpaired) electrons. The third-order valence-electron chi connectivity index (χ3n) is 4.77. The lowest BCUT2D eigenvalue weighted by Crippen LogP contribution is -2.43. The minimum atomic E-state index is -0.316. The first-order valence-electron chi connectivity index (χ1n) is 8.40. The zero-order valence-corrected chi connectivity index (χ0v) is 15.0. The van der Waals surface area contributed by atoms with Crippen molar-refractivity contribution >= 4 is 27.5 Å². The minimum Gasteiger partial charge on any atom is -0.393 e. The minimum absolute atomic E-state index is 0.0916. The Bertz CT molecular complexity index is 1000. The average molecular weight is 373 g/mol. The van der Waals surface area contributed by atoms with E-state index in [1.807, 2.05) is 18.6 Å². The number of hydrogen-bond acceptors (Lipinski definition) is 6. The molecule has 1 unspecified atom stereocenters. The van der Waals surface area contributed by atoms with E-state index in [0.29, 0.717) is 23.1 Å². The molecule has 9 heteroatoms. The van der Waals surface area contributed by atoms with Crippen molar-refractivity contribution in [2.24, 2.45) is 13.0 Å². The van der Waals surface area contributed by atoms with E-state index in [2.05, 4.69) is 15.4 Å². The number of carbonyl (C=O) groups is 1. The maximum Gasteiger partial charge on any atom is 0.271 e. The van der Waals surface area contributed by atoms with Gasteiger partial charge in [0.25, 0.3) is 5.56 Å². The summed E-state index contributed by atoms with van der Waals surface area (Å²) in [5.41, 5.74) is 1.34. The summed E-state index contributed by atoms with van der Waals surface area (Å²) < 4.78 is 3.55. The zero-order valence-electron chi connectivity index (χ0n) is 14.2. The first kappa shape index (κ1) is 16.9. The topological polar surface area (TPSA) is 102 Å². The summed E-state index contributed by atoms with van der Waals surface area (Å²) in [5.74, 6) is -0.104. The molecule has 2 N–H and O–H groups in total. The van der Waals surface area contributed by atoms with Gasteiger partial charge in [0.05, 0.1) is 30.2 Å². The van der Waals surface area contributed by atoms with E-state index in [9.17, 15) is 14.7 Å². The number of aromatic nitrogens is 4. The fourth-order valence-corrected chi connectivity index (χ4v) is 4.13. The van der Waals surface area contributed by atoms with E-state index in [-0.39, 0.29) is 36.1 Å². The average Bonchev–Trinajstić information content (AvgIpc) is 3.22. The van der Waals surface area contributed by atoms with Crippen molar-refractivity contribution < 1.29 is 9.90 Å². The molecule has 1 amide bonds. The van der Waals surface area contributed by atoms with Gasteiger partial charge in [-0.15, -0.1) is 11.3 Å². The fraction of sp³-hybridized carbons (Fsp3) is 0.412. The van der Waals surface area contributed by atoms with Crippen LogP contribution in [-0.2, 0) is 18.4 Å². The first-order valence-corrected chi connectivity index (χ1v) is 9.28. The molecule has 0 aromatic carbocycles. The second-order valence-electron chi connectivity index (χ2n) is 6.69. The highest BCUT2D eigenvalue weighted by Gasteiger charge is 2.36. The number of thiophene rings is 1. The molecule has 8 nitrogen and oxygen atoms in total. The van der Waals surface area contributed by atoms with E-state index in [4.69, 9.17) is 0 Å². The molecule has 26 heavy (non-hydrogen) atoms. The van der Waals surface area contributed by atoms with Crippen molar-refractivity contribution in [1.29, 1.82) is 0 Å². The van der Waals surface area contributed by atoms with Crippen molar-refractivity contribution in [2.45, 2.75) is 31.5 Å². The van der Waals surface area contributed by atoms with Crippen molar-refractivity contribution in [3.8, 4) is 0 Å². The van der Waals surface area contributed by atoms with Crippen molar-refractivity contribution in [2.75, 3.05) is 0 Å². The third kappa shape index (κ3) is 3.15. The number of amides is 1. The Morgan fingerprint density at radius 2 is 2.31 bits per heavy atom. The van der Waals surface area contributed by atoms with Crippen LogP contribution in [0.25, 0.3) is 10.2 Å². The lowest BCUT2D eigenvalue weighted by Gasteiger charge is -2.37. The van der Waals surface area contributed by atoms with Crippen molar-refractivity contribution in [3.05, 3.63) is 46.1 Å². The number of nitrogens with one attached hydrogen (secondary N) is 1. The summed E-state index contributed by atoms with van der Waals surface area (Å²) in [4.78, 5) is 29.2. The molecule has 0 saturated heterocycles. The predicted molar refractivity (Wildman–Crippen MR) is 96.7 cm³/mol. The third-order valence-corrected chi connectivity index (χ3v) is 5.66. The summed E-state index contributed by atoms with van der Waals surface area (Å²) in [6.07, 6.45) is 5.96. The molecular formula is C17H19N5O3S. The van der Waals surface area contributed by atoms with Gasteiger partial charge in [0.1, 0.15) is 11.2 Å². The Kier molecular flexibility index (Phi) is 4.33. The molecule has 3 aromatic heterocycles. The molecule has 1 aliphatic carbocycles. The number of aryl methyl sites for hydroxylation is 1. The number of hydrogen-bond donors (Lipinski definition) is 2. The van der Waals surface area contributed by atoms with Crippen LogP contribution in [0.15, 0.2) is 35.0 Å². The van der Waals surface area contributed by atoms with Crippen LogP contribution in [0.2, 0.25) is 0 Å². The van der Waals surface area contributed by atoms with E-state index in [1.54, 1.807) is 16.9 Å². The molecule has 0 aliphatic heterocycles. The van der Waals surface area contributed by atoms with Gasteiger partial charge in [-0.2, -0.15) is 5.10 Å². The Morgan fingerprint density at radius 3 is 3.00 bits per heavy atom. The van der Waals surface area contributed by atoms with Gasteiger partial charge < -0.3 is 10.4 Å². The van der Waals surface area contributed by atoms with Crippen LogP contribution >= 0.6 is 11.3 Å². The Morgan fingerprint density at radius 1 is 1.50 bits per heavy atom. The van der Waals surface area contributed by atoms with E-state index in [0.717, 1.165) is 5.56 Å². The van der Waals surface area contributed by atoms with Crippen LogP contribution in [-0.4, -0.2) is 36.4 Å². The number of fused-ring (bicyclic) bond motifs is 1. The van der Waals surface area contributed by atoms with Crippen LogP contribution in [0.5, 0.6) is 0 Å². The van der Waals surface area contributed by atoms with Gasteiger partial charge in [0.15, 0.2) is 0 Å². The molecule has 1 atom stereocenters. The summed E-state index contributed by atoms with van der Waals surface area (Å²) in [6.45, 7) is -0.0916. The molecule has 0 bridgehead atoms. The molecule has 136 valence electrons. The molecule has 3 aromatic rings. The quantitative estimate of drug-likeness (QED) is 0.689.